The van der Waals surface area contributed by atoms with Crippen molar-refractivity contribution < 1.29 is 13.1 Å². The molecule has 0 bridgehead atoms. The molecule has 1 aromatic heterocycles. The summed E-state index contributed by atoms with van der Waals surface area (Å²) in [5.41, 5.74) is 5.90. The summed E-state index contributed by atoms with van der Waals surface area (Å²) in [7, 11) is 9.34. The van der Waals surface area contributed by atoms with Crippen LogP contribution in [0.3, 0.4) is 0 Å². The van der Waals surface area contributed by atoms with Gasteiger partial charge in [-0.1, -0.05) is 12.5 Å². The van der Waals surface area contributed by atoms with Gasteiger partial charge in [-0.15, -0.1) is 0 Å². The molecule has 0 spiro atoms. The van der Waals surface area contributed by atoms with E-state index in [-0.39, 0.29) is 0 Å². The zero-order valence-corrected chi connectivity index (χ0v) is 15.0. The Balaban J connectivity index is 0.000000677. The van der Waals surface area contributed by atoms with Crippen LogP contribution in [0, 0.1) is 6.92 Å². The minimum atomic E-state index is 0.693. The molecule has 0 N–H and O–H groups in total. The van der Waals surface area contributed by atoms with Gasteiger partial charge >= 0.3 is 33.3 Å². The van der Waals surface area contributed by atoms with E-state index >= 15 is 0 Å². The van der Waals surface area contributed by atoms with Crippen LogP contribution in [0.1, 0.15) is 30.7 Å². The van der Waals surface area contributed by atoms with Gasteiger partial charge in [0.25, 0.3) is 0 Å². The van der Waals surface area contributed by atoms with Gasteiger partial charge in [0.1, 0.15) is 0 Å². The predicted octanol–water partition coefficient (Wildman–Crippen LogP) is 3.33. The molecule has 0 amide bonds. The fourth-order valence-corrected chi connectivity index (χ4v) is 2.18. The van der Waals surface area contributed by atoms with Crippen LogP contribution in [-0.2, 0) is 25.4 Å². The van der Waals surface area contributed by atoms with Crippen LogP contribution in [0.25, 0.3) is 5.43 Å². The van der Waals surface area contributed by atoms with Crippen molar-refractivity contribution in [2.75, 3.05) is 13.1 Å². The maximum absolute atomic E-state index is 4.67. The second-order valence-electron chi connectivity index (χ2n) is 4.44. The van der Waals surface area contributed by atoms with E-state index in [2.05, 4.69) is 52.8 Å². The predicted molar refractivity (Wildman–Crippen MR) is 90.8 cm³/mol. The maximum atomic E-state index is 4.67. The molecule has 0 aliphatic carbocycles. The molecule has 121 valence electrons. The Hall–Kier alpha value is -0.231. The van der Waals surface area contributed by atoms with Crippen LogP contribution in [-0.4, -0.2) is 34.3 Å². The molecule has 2 rings (SSSR count). The summed E-state index contributed by atoms with van der Waals surface area (Å²) in [6.45, 7) is 4.01. The SMILES string of the molecule is Cc1cccc(C=N[N-]C(=[SH+])N2CCCCC2)n1.[Cl][Cu][Cl]. The first-order chi connectivity index (χ1) is 10.2. The molecule has 1 aliphatic heterocycles. The first-order valence-electron chi connectivity index (χ1n) is 6.47. The third-order valence-electron chi connectivity index (χ3n) is 2.89. The van der Waals surface area contributed by atoms with E-state index in [1.54, 1.807) is 6.21 Å². The Morgan fingerprint density at radius 2 is 2.05 bits per heavy atom. The molecule has 1 saturated heterocycles. The number of halogens is 2. The van der Waals surface area contributed by atoms with Gasteiger partial charge in [-0.25, -0.2) is 4.90 Å². The monoisotopic (exact) mass is 395 g/mol. The van der Waals surface area contributed by atoms with Crippen molar-refractivity contribution in [3.63, 3.8) is 0 Å². The third kappa shape index (κ3) is 8.09. The zero-order chi connectivity index (χ0) is 15.5. The van der Waals surface area contributed by atoms with Crippen molar-refractivity contribution in [2.24, 2.45) is 5.10 Å². The molecule has 1 fully saturated rings. The number of thiol groups is 1. The normalized spacial score (nSPS) is 15.6. The van der Waals surface area contributed by atoms with Gasteiger partial charge in [-0.3, -0.25) is 4.98 Å². The molecule has 21 heavy (non-hydrogen) atoms. The second kappa shape index (κ2) is 11.4. The van der Waals surface area contributed by atoms with E-state index in [0.29, 0.717) is 5.11 Å². The first-order valence-corrected chi connectivity index (χ1v) is 9.51. The van der Waals surface area contributed by atoms with Crippen molar-refractivity contribution in [3.8, 4) is 0 Å². The van der Waals surface area contributed by atoms with Gasteiger partial charge in [0.15, 0.2) is 17.3 Å². The number of nitrogens with zero attached hydrogens (tertiary/aromatic N) is 4. The van der Waals surface area contributed by atoms with Gasteiger partial charge in [0, 0.05) is 25.0 Å². The summed E-state index contributed by atoms with van der Waals surface area (Å²) in [6, 6.07) is 5.82. The number of pyridine rings is 1. The number of hydrogen-bond acceptors (Lipinski definition) is 2. The molecule has 0 atom stereocenters. The number of rotatable bonds is 2. The Bertz CT molecular complexity index is 467. The summed E-state index contributed by atoms with van der Waals surface area (Å²) in [4.78, 5) is 6.49. The molecule has 2 heterocycles. The van der Waals surface area contributed by atoms with Crippen LogP contribution in [0.2, 0.25) is 0 Å². The number of aryl methyl sites for hydroxylation is 1. The summed E-state index contributed by atoms with van der Waals surface area (Å²) in [5.74, 6) is 0. The molecule has 0 aromatic carbocycles. The minimum absolute atomic E-state index is 0.693. The van der Waals surface area contributed by atoms with Gasteiger partial charge in [0.2, 0.25) is 0 Å². The average Bonchev–Trinajstić information content (AvgIpc) is 2.49. The van der Waals surface area contributed by atoms with Crippen LogP contribution in [0.4, 0.5) is 0 Å². The molecule has 0 radical (unpaired) electrons. The van der Waals surface area contributed by atoms with Gasteiger partial charge < -0.3 is 10.5 Å². The second-order valence-corrected chi connectivity index (χ2v) is 6.39. The zero-order valence-electron chi connectivity index (χ0n) is 11.6. The third-order valence-corrected chi connectivity index (χ3v) is 3.26. The number of piperidine rings is 1. The Morgan fingerprint density at radius 3 is 2.67 bits per heavy atom. The summed E-state index contributed by atoms with van der Waals surface area (Å²) < 4.78 is 0. The van der Waals surface area contributed by atoms with E-state index < -0.39 is 0 Å². The molecule has 1 aliphatic rings. The Kier molecular flexibility index (Phi) is 10.2. The van der Waals surface area contributed by atoms with Crippen molar-refractivity contribution in [1.29, 1.82) is 0 Å². The van der Waals surface area contributed by atoms with E-state index in [1.807, 2.05) is 25.1 Å². The first kappa shape index (κ1) is 18.8. The van der Waals surface area contributed by atoms with E-state index in [9.17, 15) is 0 Å². The molecular formula is C13H18Cl2CuN4S. The fourth-order valence-electron chi connectivity index (χ4n) is 1.93. The molecule has 8 heteroatoms. The van der Waals surface area contributed by atoms with Gasteiger partial charge in [0.05, 0.1) is 5.69 Å². The molecule has 1 aromatic rings. The van der Waals surface area contributed by atoms with E-state index in [0.717, 1.165) is 37.6 Å². The van der Waals surface area contributed by atoms with E-state index in [4.69, 9.17) is 0 Å². The van der Waals surface area contributed by atoms with Crippen LogP contribution in [0.15, 0.2) is 23.3 Å². The summed E-state index contributed by atoms with van der Waals surface area (Å²) in [5, 5.41) is 4.73. The molecule has 0 unspecified atom stereocenters. The number of aromatic nitrogens is 1. The van der Waals surface area contributed by atoms with Crippen molar-refractivity contribution in [1.82, 2.24) is 9.88 Å². The molecule has 4 nitrogen and oxygen atoms in total. The topological polar surface area (TPSA) is 42.6 Å². The van der Waals surface area contributed by atoms with Crippen molar-refractivity contribution in [3.05, 3.63) is 35.0 Å². The number of hydrogen-bond donors (Lipinski definition) is 0. The van der Waals surface area contributed by atoms with Crippen LogP contribution >= 0.6 is 20.2 Å². The Morgan fingerprint density at radius 1 is 1.38 bits per heavy atom. The van der Waals surface area contributed by atoms with Gasteiger partial charge in [-0.2, -0.15) is 0 Å². The standard InChI is InChI=1S/C13H18N4S.2ClH.Cu/c1-11-6-5-7-12(15-11)10-14-16-13(18)17-8-3-2-4-9-17;;;/h5-7,10H,2-4,8-9H2,1H3,(H,15,16,18);2*1H;/q;;;+2/p-2. The van der Waals surface area contributed by atoms with Crippen molar-refractivity contribution in [2.45, 2.75) is 26.2 Å². The average molecular weight is 397 g/mol. The van der Waals surface area contributed by atoms with Crippen LogP contribution < -0.4 is 0 Å². The quantitative estimate of drug-likeness (QED) is 0.192. The Labute approximate surface area is 145 Å². The van der Waals surface area contributed by atoms with E-state index in [1.165, 1.54) is 19.3 Å². The van der Waals surface area contributed by atoms with Crippen molar-refractivity contribution >= 4 is 43.7 Å². The molecular weight excluding hydrogens is 379 g/mol. The van der Waals surface area contributed by atoms with Gasteiger partial charge in [-0.05, 0) is 31.9 Å². The fraction of sp³-hybridized carbons (Fsp3) is 0.462. The van der Waals surface area contributed by atoms with Crippen LogP contribution in [0.5, 0.6) is 0 Å². The summed E-state index contributed by atoms with van der Waals surface area (Å²) >= 11 is 5.14. The summed E-state index contributed by atoms with van der Waals surface area (Å²) in [6.07, 6.45) is 5.38. The molecule has 0 saturated carbocycles. The number of likely N-dealkylation sites (tertiary alicyclic amines) is 1.